The predicted octanol–water partition coefficient (Wildman–Crippen LogP) is 1.52. The Labute approximate surface area is 132 Å². The van der Waals surface area contributed by atoms with Gasteiger partial charge in [-0.15, -0.1) is 0 Å². The molecule has 21 heavy (non-hydrogen) atoms. The summed E-state index contributed by atoms with van der Waals surface area (Å²) in [4.78, 5) is 23.4. The van der Waals surface area contributed by atoms with E-state index in [2.05, 4.69) is 15.9 Å². The number of ether oxygens (including phenoxy) is 3. The molecule has 0 atom stereocenters. The van der Waals surface area contributed by atoms with Crippen molar-refractivity contribution in [1.82, 2.24) is 4.57 Å². The third-order valence-electron chi connectivity index (χ3n) is 2.55. The van der Waals surface area contributed by atoms with Gasteiger partial charge in [-0.1, -0.05) is 0 Å². The van der Waals surface area contributed by atoms with Crippen molar-refractivity contribution in [3.8, 4) is 0 Å². The van der Waals surface area contributed by atoms with Gasteiger partial charge in [-0.25, -0.2) is 0 Å². The molecule has 0 unspecified atom stereocenters. The van der Waals surface area contributed by atoms with Gasteiger partial charge >= 0.3 is 5.97 Å². The van der Waals surface area contributed by atoms with E-state index < -0.39 is 5.97 Å². The largest absolute Gasteiger partial charge is 0.462 e. The fourth-order valence-corrected chi connectivity index (χ4v) is 2.21. The van der Waals surface area contributed by atoms with E-state index in [4.69, 9.17) is 14.2 Å². The highest BCUT2D eigenvalue weighted by Gasteiger charge is 2.08. The van der Waals surface area contributed by atoms with E-state index in [9.17, 15) is 9.59 Å². The average molecular weight is 362 g/mol. The van der Waals surface area contributed by atoms with Crippen molar-refractivity contribution in [3.05, 3.63) is 32.7 Å². The number of aryl methyl sites for hydroxylation is 1. The van der Waals surface area contributed by atoms with Gasteiger partial charge in [0.05, 0.1) is 24.3 Å². The van der Waals surface area contributed by atoms with E-state index in [1.54, 1.807) is 12.3 Å². The molecule has 7 heteroatoms. The summed E-state index contributed by atoms with van der Waals surface area (Å²) in [7, 11) is 0. The molecular weight excluding hydrogens is 342 g/mol. The first-order valence-corrected chi connectivity index (χ1v) is 7.51. The Morgan fingerprint density at radius 2 is 1.90 bits per heavy atom. The number of hydrogen-bond acceptors (Lipinski definition) is 5. The van der Waals surface area contributed by atoms with E-state index in [1.165, 1.54) is 4.57 Å². The highest BCUT2D eigenvalue weighted by Crippen LogP contribution is 2.05. The van der Waals surface area contributed by atoms with Crippen LogP contribution in [0, 0.1) is 6.92 Å². The number of carbonyl (C=O) groups is 1. The monoisotopic (exact) mass is 361 g/mol. The molecule has 0 radical (unpaired) electrons. The van der Waals surface area contributed by atoms with Crippen molar-refractivity contribution in [2.24, 2.45) is 0 Å². The molecule has 1 aromatic heterocycles. The van der Waals surface area contributed by atoms with Crippen LogP contribution >= 0.6 is 15.9 Å². The zero-order valence-corrected chi connectivity index (χ0v) is 13.8. The number of aromatic nitrogens is 1. The van der Waals surface area contributed by atoms with Crippen molar-refractivity contribution >= 4 is 21.9 Å². The van der Waals surface area contributed by atoms with E-state index in [-0.39, 0.29) is 18.7 Å². The second-order valence-electron chi connectivity index (χ2n) is 4.33. The molecule has 0 spiro atoms. The molecule has 0 bridgehead atoms. The van der Waals surface area contributed by atoms with Gasteiger partial charge in [0.2, 0.25) is 0 Å². The zero-order chi connectivity index (χ0) is 15.7. The predicted molar refractivity (Wildman–Crippen MR) is 81.4 cm³/mol. The van der Waals surface area contributed by atoms with E-state index >= 15 is 0 Å². The van der Waals surface area contributed by atoms with E-state index in [0.717, 1.165) is 5.56 Å². The summed E-state index contributed by atoms with van der Waals surface area (Å²) >= 11 is 3.16. The number of esters is 1. The van der Waals surface area contributed by atoms with Crippen molar-refractivity contribution in [2.75, 3.05) is 33.0 Å². The van der Waals surface area contributed by atoms with Crippen LogP contribution in [0.5, 0.6) is 0 Å². The molecule has 0 aliphatic rings. The molecule has 1 aromatic rings. The van der Waals surface area contributed by atoms with Crippen LogP contribution in [0.15, 0.2) is 21.5 Å². The Hall–Kier alpha value is -1.18. The topological polar surface area (TPSA) is 66.8 Å². The van der Waals surface area contributed by atoms with Crippen LogP contribution < -0.4 is 5.56 Å². The molecule has 0 aliphatic carbocycles. The standard InChI is InChI=1S/C14H20BrNO5/c1-3-19-4-5-20-6-7-21-13(17)10-16-9-11(2)8-12(15)14(16)18/h8-9H,3-7,10H2,1-2H3. The maximum Gasteiger partial charge on any atom is 0.326 e. The number of hydrogen-bond donors (Lipinski definition) is 0. The van der Waals surface area contributed by atoms with Gasteiger partial charge in [0.1, 0.15) is 13.2 Å². The third-order valence-corrected chi connectivity index (χ3v) is 3.11. The first kappa shape index (κ1) is 17.9. The van der Waals surface area contributed by atoms with Crippen LogP contribution in [0.1, 0.15) is 12.5 Å². The number of nitrogens with zero attached hydrogens (tertiary/aromatic N) is 1. The van der Waals surface area contributed by atoms with Crippen LogP contribution in [-0.2, 0) is 25.5 Å². The molecule has 1 heterocycles. The Balaban J connectivity index is 2.30. The van der Waals surface area contributed by atoms with Crippen molar-refractivity contribution in [1.29, 1.82) is 0 Å². The molecule has 0 aromatic carbocycles. The van der Waals surface area contributed by atoms with Gasteiger partial charge in [0.25, 0.3) is 5.56 Å². The minimum atomic E-state index is -0.469. The molecule has 0 amide bonds. The summed E-state index contributed by atoms with van der Waals surface area (Å²) in [5.74, 6) is -0.469. The number of pyridine rings is 1. The molecular formula is C14H20BrNO5. The van der Waals surface area contributed by atoms with Crippen LogP contribution in [0.3, 0.4) is 0 Å². The van der Waals surface area contributed by atoms with Gasteiger partial charge in [-0.2, -0.15) is 0 Å². The quantitative estimate of drug-likeness (QED) is 0.492. The molecule has 0 fully saturated rings. The SMILES string of the molecule is CCOCCOCCOC(=O)Cn1cc(C)cc(Br)c1=O. The molecule has 6 nitrogen and oxygen atoms in total. The Bertz CT molecular complexity index is 515. The van der Waals surface area contributed by atoms with Crippen LogP contribution in [0.2, 0.25) is 0 Å². The average Bonchev–Trinajstić information content (AvgIpc) is 2.43. The van der Waals surface area contributed by atoms with Gasteiger partial charge < -0.3 is 18.8 Å². The summed E-state index contributed by atoms with van der Waals surface area (Å²) in [5.41, 5.74) is 0.624. The maximum absolute atomic E-state index is 11.8. The first-order valence-electron chi connectivity index (χ1n) is 6.72. The van der Waals surface area contributed by atoms with Gasteiger partial charge in [-0.05, 0) is 41.4 Å². The highest BCUT2D eigenvalue weighted by molar-refractivity contribution is 9.10. The third kappa shape index (κ3) is 6.88. The van der Waals surface area contributed by atoms with Gasteiger partial charge in [0.15, 0.2) is 0 Å². The number of rotatable bonds is 9. The van der Waals surface area contributed by atoms with E-state index in [1.807, 2.05) is 13.8 Å². The summed E-state index contributed by atoms with van der Waals surface area (Å²) in [6, 6.07) is 1.70. The Morgan fingerprint density at radius 3 is 2.62 bits per heavy atom. The minimum Gasteiger partial charge on any atom is -0.462 e. The normalized spacial score (nSPS) is 10.6. The van der Waals surface area contributed by atoms with Crippen molar-refractivity contribution in [3.63, 3.8) is 0 Å². The molecule has 0 saturated carbocycles. The summed E-state index contributed by atoms with van der Waals surface area (Å²) in [5, 5.41) is 0. The second-order valence-corrected chi connectivity index (χ2v) is 5.18. The molecule has 1 rings (SSSR count). The fraction of sp³-hybridized carbons (Fsp3) is 0.571. The van der Waals surface area contributed by atoms with Gasteiger partial charge in [0, 0.05) is 12.8 Å². The summed E-state index contributed by atoms with van der Waals surface area (Å²) in [6.45, 7) is 5.76. The molecule has 118 valence electrons. The number of carbonyl (C=O) groups excluding carboxylic acids is 1. The highest BCUT2D eigenvalue weighted by atomic mass is 79.9. The van der Waals surface area contributed by atoms with Crippen molar-refractivity contribution in [2.45, 2.75) is 20.4 Å². The molecule has 0 saturated heterocycles. The Morgan fingerprint density at radius 1 is 1.24 bits per heavy atom. The first-order chi connectivity index (χ1) is 10.0. The van der Waals surface area contributed by atoms with Crippen LogP contribution in [0.25, 0.3) is 0 Å². The lowest BCUT2D eigenvalue weighted by atomic mass is 10.3. The zero-order valence-electron chi connectivity index (χ0n) is 12.3. The second kappa shape index (κ2) is 9.70. The maximum atomic E-state index is 11.8. The lowest BCUT2D eigenvalue weighted by molar-refractivity contribution is -0.146. The van der Waals surface area contributed by atoms with Crippen LogP contribution in [0.4, 0.5) is 0 Å². The Kier molecular flexibility index (Phi) is 8.26. The fourth-order valence-electron chi connectivity index (χ4n) is 1.62. The van der Waals surface area contributed by atoms with Crippen LogP contribution in [-0.4, -0.2) is 43.6 Å². The minimum absolute atomic E-state index is 0.113. The molecule has 0 aliphatic heterocycles. The van der Waals surface area contributed by atoms with Gasteiger partial charge in [-0.3, -0.25) is 9.59 Å². The van der Waals surface area contributed by atoms with E-state index in [0.29, 0.717) is 30.9 Å². The summed E-state index contributed by atoms with van der Waals surface area (Å²) < 4.78 is 17.1. The smallest absolute Gasteiger partial charge is 0.326 e. The lowest BCUT2D eigenvalue weighted by Gasteiger charge is -2.09. The lowest BCUT2D eigenvalue weighted by Crippen LogP contribution is -2.26. The summed E-state index contributed by atoms with van der Waals surface area (Å²) in [6.07, 6.45) is 1.62. The number of halogens is 1. The van der Waals surface area contributed by atoms with Crippen molar-refractivity contribution < 1.29 is 19.0 Å². The molecule has 0 N–H and O–H groups in total.